The average Bonchev–Trinajstić information content (AvgIpc) is 2.24. The van der Waals surface area contributed by atoms with E-state index < -0.39 is 10.2 Å². The molecule has 0 saturated carbocycles. The standard InChI is InChI=1S/C8H19N5O2S/c1-3-13(4-2)16(14,15)11-8-6-5-7-10-12-9/h11H,3-8H2,1-2H3. The molecule has 94 valence electrons. The van der Waals surface area contributed by atoms with E-state index in [1.165, 1.54) is 4.31 Å². The van der Waals surface area contributed by atoms with Crippen LogP contribution in [-0.2, 0) is 10.2 Å². The first-order chi connectivity index (χ1) is 7.58. The van der Waals surface area contributed by atoms with Gasteiger partial charge in [-0.1, -0.05) is 19.0 Å². The van der Waals surface area contributed by atoms with Crippen LogP contribution in [0.1, 0.15) is 26.7 Å². The molecule has 0 radical (unpaired) electrons. The molecule has 16 heavy (non-hydrogen) atoms. The molecule has 0 aliphatic heterocycles. The summed E-state index contributed by atoms with van der Waals surface area (Å²) in [5, 5.41) is 3.37. The number of nitrogens with one attached hydrogen (secondary N) is 1. The van der Waals surface area contributed by atoms with Gasteiger partial charge in [0.2, 0.25) is 0 Å². The molecule has 0 rings (SSSR count). The summed E-state index contributed by atoms with van der Waals surface area (Å²) in [4.78, 5) is 2.61. The molecule has 0 aliphatic carbocycles. The van der Waals surface area contributed by atoms with Crippen molar-refractivity contribution < 1.29 is 8.42 Å². The van der Waals surface area contributed by atoms with Gasteiger partial charge in [0.05, 0.1) is 0 Å². The number of azide groups is 1. The van der Waals surface area contributed by atoms with Gasteiger partial charge in [0.25, 0.3) is 10.2 Å². The molecule has 1 N–H and O–H groups in total. The Bertz CT molecular complexity index is 319. The monoisotopic (exact) mass is 249 g/mol. The number of hydrogen-bond acceptors (Lipinski definition) is 3. The summed E-state index contributed by atoms with van der Waals surface area (Å²) in [6.07, 6.45) is 1.35. The molecule has 7 nitrogen and oxygen atoms in total. The summed E-state index contributed by atoms with van der Waals surface area (Å²) < 4.78 is 27.1. The van der Waals surface area contributed by atoms with Crippen LogP contribution in [-0.4, -0.2) is 38.9 Å². The van der Waals surface area contributed by atoms with Crippen LogP contribution in [0.3, 0.4) is 0 Å². The molecule has 0 aliphatic rings. The van der Waals surface area contributed by atoms with Crippen molar-refractivity contribution in [2.45, 2.75) is 26.7 Å². The largest absolute Gasteiger partial charge is 0.279 e. The highest BCUT2D eigenvalue weighted by Crippen LogP contribution is 1.97. The summed E-state index contributed by atoms with van der Waals surface area (Å²) >= 11 is 0. The molecular weight excluding hydrogens is 230 g/mol. The molecular formula is C8H19N5O2S. The van der Waals surface area contributed by atoms with Gasteiger partial charge in [-0.25, -0.2) is 4.72 Å². The zero-order valence-electron chi connectivity index (χ0n) is 9.76. The Labute approximate surface area is 96.6 Å². The third-order valence-electron chi connectivity index (χ3n) is 2.08. The molecule has 0 heterocycles. The molecule has 0 saturated heterocycles. The number of hydrogen-bond donors (Lipinski definition) is 1. The van der Waals surface area contributed by atoms with Gasteiger partial charge in [-0.3, -0.25) is 0 Å². The zero-order valence-corrected chi connectivity index (χ0v) is 10.6. The van der Waals surface area contributed by atoms with E-state index >= 15 is 0 Å². The molecule has 0 bridgehead atoms. The Morgan fingerprint density at radius 2 is 1.94 bits per heavy atom. The number of unbranched alkanes of at least 4 members (excludes halogenated alkanes) is 1. The predicted octanol–water partition coefficient (Wildman–Crippen LogP) is 1.25. The van der Waals surface area contributed by atoms with Gasteiger partial charge in [-0.05, 0) is 18.4 Å². The SMILES string of the molecule is CCN(CC)S(=O)(=O)NCCCCN=[N+]=[N-]. The second-order valence-electron chi connectivity index (χ2n) is 3.15. The average molecular weight is 249 g/mol. The van der Waals surface area contributed by atoms with Crippen LogP contribution in [0.5, 0.6) is 0 Å². The van der Waals surface area contributed by atoms with E-state index in [2.05, 4.69) is 14.7 Å². The van der Waals surface area contributed by atoms with Crippen LogP contribution in [0.15, 0.2) is 5.11 Å². The topological polar surface area (TPSA) is 98.2 Å². The Morgan fingerprint density at radius 1 is 1.31 bits per heavy atom. The maximum atomic E-state index is 11.6. The van der Waals surface area contributed by atoms with E-state index in [1.807, 2.05) is 0 Å². The van der Waals surface area contributed by atoms with Crippen molar-refractivity contribution in [3.05, 3.63) is 10.4 Å². The van der Waals surface area contributed by atoms with Crippen molar-refractivity contribution >= 4 is 10.2 Å². The van der Waals surface area contributed by atoms with E-state index in [1.54, 1.807) is 13.8 Å². The van der Waals surface area contributed by atoms with Crippen LogP contribution >= 0.6 is 0 Å². The van der Waals surface area contributed by atoms with Crippen molar-refractivity contribution in [2.75, 3.05) is 26.2 Å². The van der Waals surface area contributed by atoms with Crippen molar-refractivity contribution in [1.29, 1.82) is 0 Å². The van der Waals surface area contributed by atoms with Gasteiger partial charge in [0.15, 0.2) is 0 Å². The van der Waals surface area contributed by atoms with E-state index in [0.29, 0.717) is 39.0 Å². The third kappa shape index (κ3) is 5.92. The van der Waals surface area contributed by atoms with Gasteiger partial charge >= 0.3 is 0 Å². The summed E-state index contributed by atoms with van der Waals surface area (Å²) in [5.74, 6) is 0. The summed E-state index contributed by atoms with van der Waals surface area (Å²) in [6, 6.07) is 0. The van der Waals surface area contributed by atoms with E-state index in [9.17, 15) is 8.42 Å². The quantitative estimate of drug-likeness (QED) is 0.288. The summed E-state index contributed by atoms with van der Waals surface area (Å²) in [7, 11) is -3.34. The molecule has 0 spiro atoms. The zero-order chi connectivity index (χ0) is 12.4. The lowest BCUT2D eigenvalue weighted by Gasteiger charge is -2.18. The van der Waals surface area contributed by atoms with Gasteiger partial charge in [-0.15, -0.1) is 0 Å². The first-order valence-electron chi connectivity index (χ1n) is 5.34. The maximum Gasteiger partial charge on any atom is 0.279 e. The molecule has 0 amide bonds. The van der Waals surface area contributed by atoms with Crippen LogP contribution < -0.4 is 4.72 Å². The fourth-order valence-electron chi connectivity index (χ4n) is 1.21. The first kappa shape index (κ1) is 15.2. The lowest BCUT2D eigenvalue weighted by atomic mass is 10.3. The Hall–Kier alpha value is -0.820. The van der Waals surface area contributed by atoms with Crippen molar-refractivity contribution in [2.24, 2.45) is 5.11 Å². The second kappa shape index (κ2) is 8.35. The maximum absolute atomic E-state index is 11.6. The van der Waals surface area contributed by atoms with Gasteiger partial charge < -0.3 is 0 Å². The molecule has 0 atom stereocenters. The smallest absolute Gasteiger partial charge is 0.202 e. The molecule has 0 aromatic rings. The first-order valence-corrected chi connectivity index (χ1v) is 6.78. The molecule has 0 unspecified atom stereocenters. The normalized spacial score (nSPS) is 11.4. The van der Waals surface area contributed by atoms with Crippen molar-refractivity contribution in [1.82, 2.24) is 9.03 Å². The lowest BCUT2D eigenvalue weighted by molar-refractivity contribution is 0.434. The second-order valence-corrected chi connectivity index (χ2v) is 4.90. The summed E-state index contributed by atoms with van der Waals surface area (Å²) in [5.41, 5.74) is 8.03. The van der Waals surface area contributed by atoms with Crippen LogP contribution in [0.2, 0.25) is 0 Å². The van der Waals surface area contributed by atoms with Gasteiger partial charge in [0.1, 0.15) is 0 Å². The lowest BCUT2D eigenvalue weighted by Crippen LogP contribution is -2.40. The van der Waals surface area contributed by atoms with Gasteiger partial charge in [-0.2, -0.15) is 12.7 Å². The summed E-state index contributed by atoms with van der Waals surface area (Å²) in [6.45, 7) is 5.30. The Balaban J connectivity index is 3.86. The minimum atomic E-state index is -3.34. The molecule has 0 aromatic heterocycles. The van der Waals surface area contributed by atoms with Crippen LogP contribution in [0.4, 0.5) is 0 Å². The van der Waals surface area contributed by atoms with E-state index in [-0.39, 0.29) is 0 Å². The number of nitrogens with zero attached hydrogens (tertiary/aromatic N) is 4. The van der Waals surface area contributed by atoms with Gasteiger partial charge in [0, 0.05) is 31.1 Å². The highest BCUT2D eigenvalue weighted by molar-refractivity contribution is 7.87. The van der Waals surface area contributed by atoms with E-state index in [0.717, 1.165) is 0 Å². The number of rotatable bonds is 9. The third-order valence-corrected chi connectivity index (χ3v) is 3.84. The Morgan fingerprint density at radius 3 is 2.44 bits per heavy atom. The van der Waals surface area contributed by atoms with Crippen molar-refractivity contribution in [3.63, 3.8) is 0 Å². The Kier molecular flexibility index (Phi) is 7.92. The fourth-order valence-corrected chi connectivity index (χ4v) is 2.47. The highest BCUT2D eigenvalue weighted by Gasteiger charge is 2.16. The van der Waals surface area contributed by atoms with Crippen LogP contribution in [0, 0.1) is 0 Å². The highest BCUT2D eigenvalue weighted by atomic mass is 32.2. The minimum Gasteiger partial charge on any atom is -0.202 e. The van der Waals surface area contributed by atoms with E-state index in [4.69, 9.17) is 5.53 Å². The molecule has 0 fully saturated rings. The predicted molar refractivity (Wildman–Crippen MR) is 63.1 cm³/mol. The van der Waals surface area contributed by atoms with Crippen LogP contribution in [0.25, 0.3) is 10.4 Å². The molecule has 8 heteroatoms. The molecule has 0 aromatic carbocycles. The van der Waals surface area contributed by atoms with Crippen molar-refractivity contribution in [3.8, 4) is 0 Å². The fraction of sp³-hybridized carbons (Fsp3) is 1.00. The minimum absolute atomic E-state index is 0.375.